The van der Waals surface area contributed by atoms with E-state index < -0.39 is 5.37 Å². The van der Waals surface area contributed by atoms with Crippen LogP contribution in [0.2, 0.25) is 0 Å². The fourth-order valence-corrected chi connectivity index (χ4v) is 1.15. The van der Waals surface area contributed by atoms with E-state index in [1.807, 2.05) is 13.8 Å². The Morgan fingerprint density at radius 2 is 1.80 bits per heavy atom. The molecule has 0 rings (SSSR count). The Balaban J connectivity index is 4.18. The van der Waals surface area contributed by atoms with Crippen LogP contribution in [0.3, 0.4) is 0 Å². The van der Waals surface area contributed by atoms with Crippen LogP contribution in [0, 0.1) is 5.92 Å². The van der Waals surface area contributed by atoms with E-state index in [9.17, 15) is 9.59 Å². The summed E-state index contributed by atoms with van der Waals surface area (Å²) in [5.41, 5.74) is 0. The van der Waals surface area contributed by atoms with Gasteiger partial charge in [0.2, 0.25) is 11.8 Å². The van der Waals surface area contributed by atoms with E-state index in [2.05, 4.69) is 29.8 Å². The van der Waals surface area contributed by atoms with Gasteiger partial charge in [-0.25, -0.2) is 0 Å². The number of hydrogen-bond acceptors (Lipinski definition) is 3. The van der Waals surface area contributed by atoms with Gasteiger partial charge in [-0.3, -0.25) is 9.59 Å². The van der Waals surface area contributed by atoms with Crippen LogP contribution in [0.25, 0.3) is 0 Å². The highest BCUT2D eigenvalue weighted by Gasteiger charge is 2.22. The Labute approximate surface area is 95.9 Å². The van der Waals surface area contributed by atoms with E-state index >= 15 is 0 Å². The molecule has 1 unspecified atom stereocenters. The minimum absolute atomic E-state index is 0.0792. The molecule has 0 aromatic heterocycles. The molecule has 2 atom stereocenters. The van der Waals surface area contributed by atoms with E-state index in [-0.39, 0.29) is 23.8 Å². The summed E-state index contributed by atoms with van der Waals surface area (Å²) in [5.74, 6) is -0.854. The molecule has 15 heavy (non-hydrogen) atoms. The van der Waals surface area contributed by atoms with E-state index in [0.717, 1.165) is 6.08 Å². The molecule has 86 valence electrons. The number of carbonyl (C=O) groups is 2. The second kappa shape index (κ2) is 6.50. The fraction of sp³-hybridized carbons (Fsp3) is 0.600. The van der Waals surface area contributed by atoms with Crippen molar-refractivity contribution in [2.24, 2.45) is 5.92 Å². The number of nitrogens with one attached hydrogen (secondary N) is 2. The zero-order valence-corrected chi connectivity index (χ0v) is 10.2. The predicted molar refractivity (Wildman–Crippen MR) is 63.6 cm³/mol. The average Bonchev–Trinajstić information content (AvgIpc) is 2.15. The standard InChI is InChI=1S/C10H18N2O2S/c1-5-8(13)12-10(15)7(4)9(14)11-6(2)3/h5-7,10,15H,1H2,2-4H3,(H,11,14)(H,12,13)/t7-,10?/m0/s1. The molecule has 0 saturated carbocycles. The van der Waals surface area contributed by atoms with Crippen molar-refractivity contribution in [2.45, 2.75) is 32.2 Å². The van der Waals surface area contributed by atoms with Crippen molar-refractivity contribution in [2.75, 3.05) is 0 Å². The molecule has 0 saturated heterocycles. The molecule has 0 spiro atoms. The van der Waals surface area contributed by atoms with E-state index in [0.29, 0.717) is 0 Å². The first-order valence-corrected chi connectivity index (χ1v) is 5.31. The zero-order valence-electron chi connectivity index (χ0n) is 9.28. The smallest absolute Gasteiger partial charge is 0.244 e. The van der Waals surface area contributed by atoms with Gasteiger partial charge in [0.15, 0.2) is 0 Å². The number of carbonyl (C=O) groups excluding carboxylic acids is 2. The van der Waals surface area contributed by atoms with Crippen LogP contribution in [0.15, 0.2) is 12.7 Å². The summed E-state index contributed by atoms with van der Waals surface area (Å²) in [6, 6.07) is 0.0792. The van der Waals surface area contributed by atoms with Gasteiger partial charge in [-0.05, 0) is 19.9 Å². The number of hydrogen-bond donors (Lipinski definition) is 3. The molecule has 0 aromatic carbocycles. The molecule has 0 heterocycles. The molecule has 2 N–H and O–H groups in total. The Hall–Kier alpha value is -0.970. The highest BCUT2D eigenvalue weighted by molar-refractivity contribution is 7.81. The van der Waals surface area contributed by atoms with Gasteiger partial charge in [0.25, 0.3) is 0 Å². The van der Waals surface area contributed by atoms with Crippen LogP contribution in [-0.2, 0) is 9.59 Å². The van der Waals surface area contributed by atoms with Crippen LogP contribution in [0.4, 0.5) is 0 Å². The van der Waals surface area contributed by atoms with Gasteiger partial charge in [-0.15, -0.1) is 0 Å². The molecule has 4 nitrogen and oxygen atoms in total. The maximum Gasteiger partial charge on any atom is 0.244 e. The van der Waals surface area contributed by atoms with Gasteiger partial charge in [0.1, 0.15) is 0 Å². The molecule has 0 radical (unpaired) electrons. The summed E-state index contributed by atoms with van der Waals surface area (Å²) < 4.78 is 0. The van der Waals surface area contributed by atoms with E-state index in [1.165, 1.54) is 0 Å². The minimum atomic E-state index is -0.505. The van der Waals surface area contributed by atoms with Crippen LogP contribution in [0.1, 0.15) is 20.8 Å². The third kappa shape index (κ3) is 5.47. The molecule has 5 heteroatoms. The number of thiol groups is 1. The van der Waals surface area contributed by atoms with Crippen LogP contribution in [-0.4, -0.2) is 23.2 Å². The first kappa shape index (κ1) is 14.0. The maximum atomic E-state index is 11.5. The largest absolute Gasteiger partial charge is 0.354 e. The van der Waals surface area contributed by atoms with Gasteiger partial charge in [0.05, 0.1) is 11.3 Å². The Morgan fingerprint density at radius 1 is 1.27 bits per heavy atom. The van der Waals surface area contributed by atoms with Gasteiger partial charge < -0.3 is 10.6 Å². The fourth-order valence-electron chi connectivity index (χ4n) is 0.889. The first-order chi connectivity index (χ1) is 6.88. The monoisotopic (exact) mass is 230 g/mol. The SMILES string of the molecule is C=CC(=O)NC(S)[C@@H](C)C(=O)NC(C)C. The molecular formula is C10H18N2O2S. The lowest BCUT2D eigenvalue weighted by Gasteiger charge is -2.20. The summed E-state index contributed by atoms with van der Waals surface area (Å²) in [6.07, 6.45) is 1.15. The van der Waals surface area contributed by atoms with Gasteiger partial charge in [0, 0.05) is 6.04 Å². The van der Waals surface area contributed by atoms with Gasteiger partial charge in [-0.1, -0.05) is 13.5 Å². The molecule has 0 aliphatic carbocycles. The highest BCUT2D eigenvalue weighted by Crippen LogP contribution is 2.07. The minimum Gasteiger partial charge on any atom is -0.354 e. The van der Waals surface area contributed by atoms with Crippen molar-refractivity contribution in [1.29, 1.82) is 0 Å². The van der Waals surface area contributed by atoms with Crippen molar-refractivity contribution in [3.63, 3.8) is 0 Å². The number of rotatable bonds is 5. The van der Waals surface area contributed by atoms with Crippen molar-refractivity contribution in [3.05, 3.63) is 12.7 Å². The van der Waals surface area contributed by atoms with E-state index in [1.54, 1.807) is 6.92 Å². The van der Waals surface area contributed by atoms with E-state index in [4.69, 9.17) is 0 Å². The topological polar surface area (TPSA) is 58.2 Å². The lowest BCUT2D eigenvalue weighted by Crippen LogP contribution is -2.44. The quantitative estimate of drug-likeness (QED) is 0.370. The number of amides is 2. The highest BCUT2D eigenvalue weighted by atomic mass is 32.1. The Bertz CT molecular complexity index is 254. The Morgan fingerprint density at radius 3 is 2.20 bits per heavy atom. The third-order valence-electron chi connectivity index (χ3n) is 1.79. The second-order valence-corrected chi connectivity index (χ2v) is 4.17. The predicted octanol–water partition coefficient (Wildman–Crippen LogP) is 0.705. The summed E-state index contributed by atoms with van der Waals surface area (Å²) in [6.45, 7) is 8.78. The lowest BCUT2D eigenvalue weighted by atomic mass is 10.1. The van der Waals surface area contributed by atoms with Crippen molar-refractivity contribution < 1.29 is 9.59 Å². The Kier molecular flexibility index (Phi) is 6.08. The molecule has 0 bridgehead atoms. The second-order valence-electron chi connectivity index (χ2n) is 3.61. The van der Waals surface area contributed by atoms with Crippen molar-refractivity contribution in [3.8, 4) is 0 Å². The summed E-state index contributed by atoms with van der Waals surface area (Å²) >= 11 is 4.14. The normalized spacial score (nSPS) is 14.2. The molecule has 0 aliphatic rings. The summed E-state index contributed by atoms with van der Waals surface area (Å²) in [4.78, 5) is 22.5. The summed E-state index contributed by atoms with van der Waals surface area (Å²) in [7, 11) is 0. The zero-order chi connectivity index (χ0) is 12.0. The average molecular weight is 230 g/mol. The maximum absolute atomic E-state index is 11.5. The van der Waals surface area contributed by atoms with Gasteiger partial charge >= 0.3 is 0 Å². The molecule has 0 aromatic rings. The van der Waals surface area contributed by atoms with Crippen LogP contribution in [0.5, 0.6) is 0 Å². The lowest BCUT2D eigenvalue weighted by molar-refractivity contribution is -0.125. The molecule has 0 fully saturated rings. The molecular weight excluding hydrogens is 212 g/mol. The van der Waals surface area contributed by atoms with Crippen LogP contribution < -0.4 is 10.6 Å². The van der Waals surface area contributed by atoms with Crippen molar-refractivity contribution >= 4 is 24.4 Å². The molecule has 0 aliphatic heterocycles. The molecule has 2 amide bonds. The first-order valence-electron chi connectivity index (χ1n) is 4.79. The van der Waals surface area contributed by atoms with Crippen molar-refractivity contribution in [1.82, 2.24) is 10.6 Å². The van der Waals surface area contributed by atoms with Crippen LogP contribution >= 0.6 is 12.6 Å². The third-order valence-corrected chi connectivity index (χ3v) is 2.37. The summed E-state index contributed by atoms with van der Waals surface area (Å²) in [5, 5.41) is 4.77. The van der Waals surface area contributed by atoms with Gasteiger partial charge in [-0.2, -0.15) is 12.6 Å².